The molecule has 142 valence electrons. The molecule has 0 saturated carbocycles. The molecule has 0 saturated heterocycles. The first-order chi connectivity index (χ1) is 12.1. The van der Waals surface area contributed by atoms with E-state index in [9.17, 15) is 0 Å². The molecule has 2 aromatic rings. The first-order valence-corrected chi connectivity index (χ1v) is 9.11. The van der Waals surface area contributed by atoms with Crippen LogP contribution in [0, 0.1) is 6.92 Å². The molecule has 0 amide bonds. The van der Waals surface area contributed by atoms with Gasteiger partial charge in [-0.2, -0.15) is 0 Å². The quantitative estimate of drug-likeness (QED) is 0.364. The van der Waals surface area contributed by atoms with Crippen LogP contribution in [0.4, 0.5) is 0 Å². The molecule has 2 rings (SSSR count). The second kappa shape index (κ2) is 11.9. The maximum absolute atomic E-state index is 4.74. The van der Waals surface area contributed by atoms with Gasteiger partial charge < -0.3 is 10.6 Å². The Bertz CT molecular complexity index is 673. The number of hydrogen-bond acceptors (Lipinski definition) is 2. The third-order valence-corrected chi connectivity index (χ3v) is 4.57. The van der Waals surface area contributed by atoms with Crippen LogP contribution in [-0.4, -0.2) is 30.1 Å². The van der Waals surface area contributed by atoms with Crippen molar-refractivity contribution in [2.45, 2.75) is 46.1 Å². The molecule has 0 radical (unpaired) electrons. The zero-order chi connectivity index (χ0) is 18.1. The zero-order valence-electron chi connectivity index (χ0n) is 16.2. The number of benzene rings is 1. The summed E-state index contributed by atoms with van der Waals surface area (Å²) in [5.74, 6) is 1.29. The number of halogens is 1. The smallest absolute Gasteiger partial charge is 0.191 e. The van der Waals surface area contributed by atoms with E-state index < -0.39 is 0 Å². The average Bonchev–Trinajstić information content (AvgIpc) is 2.63. The van der Waals surface area contributed by atoms with Gasteiger partial charge in [0.15, 0.2) is 5.96 Å². The van der Waals surface area contributed by atoms with Crippen molar-refractivity contribution in [2.75, 3.05) is 13.1 Å². The van der Waals surface area contributed by atoms with Crippen LogP contribution < -0.4 is 10.6 Å². The molecular formula is C21H31IN4. The molecule has 2 N–H and O–H groups in total. The SMILES string of the molecule is CCNC(=NCCc1ccncc1C)NC(C)C(C)c1ccccc1.I. The first kappa shape index (κ1) is 22.4. The van der Waals surface area contributed by atoms with Crippen LogP contribution in [0.25, 0.3) is 0 Å². The summed E-state index contributed by atoms with van der Waals surface area (Å²) in [4.78, 5) is 8.88. The molecule has 4 nitrogen and oxygen atoms in total. The average molecular weight is 466 g/mol. The van der Waals surface area contributed by atoms with Gasteiger partial charge in [-0.25, -0.2) is 0 Å². The Balaban J connectivity index is 0.00000338. The summed E-state index contributed by atoms with van der Waals surface area (Å²) in [6, 6.07) is 13.0. The number of nitrogens with one attached hydrogen (secondary N) is 2. The maximum Gasteiger partial charge on any atom is 0.191 e. The molecule has 0 spiro atoms. The van der Waals surface area contributed by atoms with Crippen LogP contribution in [0.15, 0.2) is 53.8 Å². The van der Waals surface area contributed by atoms with E-state index in [1.54, 1.807) is 0 Å². The number of guanidine groups is 1. The number of nitrogens with zero attached hydrogens (tertiary/aromatic N) is 2. The number of hydrogen-bond donors (Lipinski definition) is 2. The predicted molar refractivity (Wildman–Crippen MR) is 122 cm³/mol. The highest BCUT2D eigenvalue weighted by molar-refractivity contribution is 14.0. The van der Waals surface area contributed by atoms with E-state index in [1.165, 1.54) is 16.7 Å². The summed E-state index contributed by atoms with van der Waals surface area (Å²) in [5.41, 5.74) is 3.87. The molecule has 1 aromatic heterocycles. The van der Waals surface area contributed by atoms with E-state index in [-0.39, 0.29) is 24.0 Å². The van der Waals surface area contributed by atoms with Gasteiger partial charge in [-0.05, 0) is 49.9 Å². The third kappa shape index (κ3) is 6.94. The Morgan fingerprint density at radius 2 is 1.88 bits per heavy atom. The summed E-state index contributed by atoms with van der Waals surface area (Å²) in [6.45, 7) is 10.3. The minimum absolute atomic E-state index is 0. The van der Waals surface area contributed by atoms with E-state index in [1.807, 2.05) is 12.4 Å². The Hall–Kier alpha value is -1.63. The molecule has 26 heavy (non-hydrogen) atoms. The lowest BCUT2D eigenvalue weighted by Crippen LogP contribution is -2.44. The molecular weight excluding hydrogens is 435 g/mol. The highest BCUT2D eigenvalue weighted by Crippen LogP contribution is 2.18. The van der Waals surface area contributed by atoms with Gasteiger partial charge in [-0.3, -0.25) is 9.98 Å². The van der Waals surface area contributed by atoms with Crippen LogP contribution in [-0.2, 0) is 6.42 Å². The van der Waals surface area contributed by atoms with Crippen molar-refractivity contribution >= 4 is 29.9 Å². The number of aliphatic imine (C=N–C) groups is 1. The van der Waals surface area contributed by atoms with Crippen LogP contribution in [0.3, 0.4) is 0 Å². The van der Waals surface area contributed by atoms with Gasteiger partial charge in [0, 0.05) is 37.4 Å². The Morgan fingerprint density at radius 1 is 1.15 bits per heavy atom. The maximum atomic E-state index is 4.74. The molecule has 0 aliphatic carbocycles. The third-order valence-electron chi connectivity index (χ3n) is 4.57. The fraction of sp³-hybridized carbons (Fsp3) is 0.429. The van der Waals surface area contributed by atoms with Crippen LogP contribution in [0.5, 0.6) is 0 Å². The second-order valence-electron chi connectivity index (χ2n) is 6.45. The van der Waals surface area contributed by atoms with E-state index in [0.717, 1.165) is 25.5 Å². The number of aromatic nitrogens is 1. The second-order valence-corrected chi connectivity index (χ2v) is 6.45. The minimum Gasteiger partial charge on any atom is -0.357 e. The highest BCUT2D eigenvalue weighted by Gasteiger charge is 2.15. The fourth-order valence-electron chi connectivity index (χ4n) is 2.78. The monoisotopic (exact) mass is 466 g/mol. The summed E-state index contributed by atoms with van der Waals surface area (Å²) in [6.07, 6.45) is 4.68. The lowest BCUT2D eigenvalue weighted by atomic mass is 9.94. The van der Waals surface area contributed by atoms with Crippen molar-refractivity contribution in [1.82, 2.24) is 15.6 Å². The standard InChI is InChI=1S/C21H30N4.HI/c1-5-23-21(24-14-12-19-11-13-22-15-16(19)2)25-18(4)17(3)20-9-7-6-8-10-20;/h6-11,13,15,17-18H,5,12,14H2,1-4H3,(H2,23,24,25);1H. The van der Waals surface area contributed by atoms with Gasteiger partial charge >= 0.3 is 0 Å². The topological polar surface area (TPSA) is 49.3 Å². The Labute approximate surface area is 174 Å². The normalized spacial score (nSPS) is 13.5. The Morgan fingerprint density at radius 3 is 2.54 bits per heavy atom. The van der Waals surface area contributed by atoms with Crippen LogP contribution in [0.1, 0.15) is 43.4 Å². The lowest BCUT2D eigenvalue weighted by molar-refractivity contribution is 0.550. The number of rotatable bonds is 7. The predicted octanol–water partition coefficient (Wildman–Crippen LogP) is 4.30. The molecule has 2 unspecified atom stereocenters. The largest absolute Gasteiger partial charge is 0.357 e. The zero-order valence-corrected chi connectivity index (χ0v) is 18.5. The summed E-state index contributed by atoms with van der Waals surface area (Å²) < 4.78 is 0. The van der Waals surface area contributed by atoms with Gasteiger partial charge in [-0.1, -0.05) is 37.3 Å². The molecule has 1 aromatic carbocycles. The van der Waals surface area contributed by atoms with Crippen molar-refractivity contribution in [1.29, 1.82) is 0 Å². The van der Waals surface area contributed by atoms with Crippen molar-refractivity contribution < 1.29 is 0 Å². The van der Waals surface area contributed by atoms with Crippen molar-refractivity contribution in [3.05, 3.63) is 65.5 Å². The minimum atomic E-state index is 0. The fourth-order valence-corrected chi connectivity index (χ4v) is 2.78. The van der Waals surface area contributed by atoms with Gasteiger partial charge in [0.05, 0.1) is 0 Å². The summed E-state index contributed by atoms with van der Waals surface area (Å²) in [5, 5.41) is 6.89. The molecule has 1 heterocycles. The first-order valence-electron chi connectivity index (χ1n) is 9.11. The summed E-state index contributed by atoms with van der Waals surface area (Å²) >= 11 is 0. The number of pyridine rings is 1. The Kier molecular flexibility index (Phi) is 10.2. The highest BCUT2D eigenvalue weighted by atomic mass is 127. The molecule has 0 bridgehead atoms. The van der Waals surface area contributed by atoms with Gasteiger partial charge in [0.2, 0.25) is 0 Å². The van der Waals surface area contributed by atoms with Gasteiger partial charge in [0.1, 0.15) is 0 Å². The van der Waals surface area contributed by atoms with Gasteiger partial charge in [0.25, 0.3) is 0 Å². The lowest BCUT2D eigenvalue weighted by Gasteiger charge is -2.24. The van der Waals surface area contributed by atoms with E-state index in [4.69, 9.17) is 4.99 Å². The molecule has 0 aliphatic rings. The van der Waals surface area contributed by atoms with Crippen molar-refractivity contribution in [2.24, 2.45) is 4.99 Å². The number of aryl methyl sites for hydroxylation is 1. The molecule has 0 aliphatic heterocycles. The van der Waals surface area contributed by atoms with Gasteiger partial charge in [-0.15, -0.1) is 24.0 Å². The van der Waals surface area contributed by atoms with E-state index >= 15 is 0 Å². The van der Waals surface area contributed by atoms with Crippen molar-refractivity contribution in [3.63, 3.8) is 0 Å². The molecule has 5 heteroatoms. The molecule has 2 atom stereocenters. The summed E-state index contributed by atoms with van der Waals surface area (Å²) in [7, 11) is 0. The van der Waals surface area contributed by atoms with Crippen molar-refractivity contribution in [3.8, 4) is 0 Å². The van der Waals surface area contributed by atoms with Crippen LogP contribution in [0.2, 0.25) is 0 Å². The van der Waals surface area contributed by atoms with Crippen LogP contribution >= 0.6 is 24.0 Å². The van der Waals surface area contributed by atoms with E-state index in [0.29, 0.717) is 12.0 Å². The molecule has 0 fully saturated rings. The van der Waals surface area contributed by atoms with E-state index in [2.05, 4.69) is 79.7 Å².